The highest BCUT2D eigenvalue weighted by Crippen LogP contribution is 2.29. The van der Waals surface area contributed by atoms with E-state index < -0.39 is 0 Å². The van der Waals surface area contributed by atoms with Crippen LogP contribution in [0.2, 0.25) is 0 Å². The number of rotatable bonds is 4. The van der Waals surface area contributed by atoms with Crippen molar-refractivity contribution in [1.82, 2.24) is 19.4 Å². The van der Waals surface area contributed by atoms with E-state index in [2.05, 4.69) is 23.4 Å². The topological polar surface area (TPSA) is 51.0 Å². The Morgan fingerprint density at radius 3 is 3.00 bits per heavy atom. The zero-order valence-corrected chi connectivity index (χ0v) is 13.6. The van der Waals surface area contributed by atoms with Gasteiger partial charge in [0.1, 0.15) is 5.82 Å². The van der Waals surface area contributed by atoms with Crippen LogP contribution >= 0.6 is 0 Å². The number of aromatic nitrogens is 3. The number of carbonyl (C=O) groups is 1. The van der Waals surface area contributed by atoms with E-state index in [4.69, 9.17) is 4.98 Å². The molecule has 1 amide bonds. The van der Waals surface area contributed by atoms with Crippen molar-refractivity contribution in [1.29, 1.82) is 0 Å². The lowest BCUT2D eigenvalue weighted by Crippen LogP contribution is -2.28. The lowest BCUT2D eigenvalue weighted by atomic mass is 10.1. The number of aryl methyl sites for hydroxylation is 1. The molecule has 1 aliphatic rings. The summed E-state index contributed by atoms with van der Waals surface area (Å²) >= 11 is 0. The highest BCUT2D eigenvalue weighted by Gasteiger charge is 2.30. The van der Waals surface area contributed by atoms with E-state index in [0.29, 0.717) is 18.3 Å². The summed E-state index contributed by atoms with van der Waals surface area (Å²) in [6.07, 6.45) is 6.26. The van der Waals surface area contributed by atoms with Crippen LogP contribution in [0.3, 0.4) is 0 Å². The highest BCUT2D eigenvalue weighted by molar-refractivity contribution is 5.77. The van der Waals surface area contributed by atoms with Gasteiger partial charge >= 0.3 is 0 Å². The summed E-state index contributed by atoms with van der Waals surface area (Å²) in [6.45, 7) is 5.96. The average molecular weight is 300 g/mol. The van der Waals surface area contributed by atoms with Gasteiger partial charge in [0.15, 0.2) is 0 Å². The third kappa shape index (κ3) is 2.85. The number of carbonyl (C=O) groups excluding carboxylic acids is 1. The molecule has 1 atom stereocenters. The molecule has 0 spiro atoms. The fourth-order valence-electron chi connectivity index (χ4n) is 3.19. The van der Waals surface area contributed by atoms with Gasteiger partial charge in [-0.3, -0.25) is 9.78 Å². The minimum absolute atomic E-state index is 0.289. The minimum Gasteiger partial charge on any atom is -0.342 e. The molecule has 0 radical (unpaired) electrons. The van der Waals surface area contributed by atoms with Crippen LogP contribution in [-0.4, -0.2) is 38.4 Å². The van der Waals surface area contributed by atoms with Gasteiger partial charge in [0.05, 0.1) is 17.2 Å². The normalized spacial score (nSPS) is 18.5. The van der Waals surface area contributed by atoms with E-state index in [1.807, 2.05) is 24.2 Å². The van der Waals surface area contributed by atoms with Gasteiger partial charge in [0, 0.05) is 38.7 Å². The predicted octanol–water partition coefficient (Wildman–Crippen LogP) is 2.72. The quantitative estimate of drug-likeness (QED) is 0.872. The number of likely N-dealkylation sites (tertiary alicyclic amines) is 1. The predicted molar refractivity (Wildman–Crippen MR) is 86.5 cm³/mol. The first-order chi connectivity index (χ1) is 10.6. The molecular formula is C17H24N4O. The van der Waals surface area contributed by atoms with Crippen LogP contribution in [0.25, 0.3) is 11.0 Å². The molecule has 3 rings (SSSR count). The molecule has 1 aliphatic heterocycles. The first kappa shape index (κ1) is 15.0. The second-order valence-electron chi connectivity index (χ2n) is 6.65. The highest BCUT2D eigenvalue weighted by atomic mass is 16.2. The lowest BCUT2D eigenvalue weighted by Gasteiger charge is -2.17. The van der Waals surface area contributed by atoms with Crippen molar-refractivity contribution < 1.29 is 4.79 Å². The molecule has 1 fully saturated rings. The second-order valence-corrected chi connectivity index (χ2v) is 6.65. The SMILES string of the molecule is CC(C)CCC(=O)N1CCC(c2nc3ccncc3n2C)C1. The van der Waals surface area contributed by atoms with Crippen LogP contribution in [0.15, 0.2) is 18.5 Å². The van der Waals surface area contributed by atoms with Gasteiger partial charge < -0.3 is 9.47 Å². The lowest BCUT2D eigenvalue weighted by molar-refractivity contribution is -0.130. The van der Waals surface area contributed by atoms with Crippen LogP contribution in [0.1, 0.15) is 44.9 Å². The maximum absolute atomic E-state index is 12.3. The van der Waals surface area contributed by atoms with Crippen molar-refractivity contribution in [2.24, 2.45) is 13.0 Å². The van der Waals surface area contributed by atoms with Gasteiger partial charge in [-0.1, -0.05) is 13.8 Å². The minimum atomic E-state index is 0.289. The molecule has 2 aromatic rings. The zero-order valence-electron chi connectivity index (χ0n) is 13.6. The average Bonchev–Trinajstić information content (AvgIpc) is 3.10. The Morgan fingerprint density at radius 2 is 2.27 bits per heavy atom. The van der Waals surface area contributed by atoms with E-state index in [-0.39, 0.29) is 5.91 Å². The molecule has 0 bridgehead atoms. The summed E-state index contributed by atoms with van der Waals surface area (Å²) < 4.78 is 2.12. The van der Waals surface area contributed by atoms with Gasteiger partial charge in [0.25, 0.3) is 0 Å². The first-order valence-corrected chi connectivity index (χ1v) is 8.10. The fourth-order valence-corrected chi connectivity index (χ4v) is 3.19. The standard InChI is InChI=1S/C17H24N4O/c1-12(2)4-5-16(22)21-9-7-13(11-21)17-19-14-6-8-18-10-15(14)20(17)3/h6,8,10,12-13H,4-5,7,9,11H2,1-3H3. The molecule has 22 heavy (non-hydrogen) atoms. The summed E-state index contributed by atoms with van der Waals surface area (Å²) in [5, 5.41) is 0. The van der Waals surface area contributed by atoms with Crippen molar-refractivity contribution in [2.75, 3.05) is 13.1 Å². The molecule has 5 nitrogen and oxygen atoms in total. The second kappa shape index (κ2) is 6.07. The molecule has 5 heteroatoms. The van der Waals surface area contributed by atoms with Crippen LogP contribution < -0.4 is 0 Å². The van der Waals surface area contributed by atoms with E-state index in [0.717, 1.165) is 42.8 Å². The van der Waals surface area contributed by atoms with Crippen LogP contribution in [0.4, 0.5) is 0 Å². The maximum atomic E-state index is 12.3. The number of nitrogens with zero attached hydrogens (tertiary/aromatic N) is 4. The molecule has 0 aliphatic carbocycles. The van der Waals surface area contributed by atoms with Crippen molar-refractivity contribution in [3.63, 3.8) is 0 Å². The Kier molecular flexibility index (Phi) is 4.14. The molecular weight excluding hydrogens is 276 g/mol. The summed E-state index contributed by atoms with van der Waals surface area (Å²) in [7, 11) is 2.04. The van der Waals surface area contributed by atoms with Crippen molar-refractivity contribution in [2.45, 2.75) is 39.0 Å². The smallest absolute Gasteiger partial charge is 0.222 e. The van der Waals surface area contributed by atoms with Crippen molar-refractivity contribution in [3.05, 3.63) is 24.3 Å². The Labute approximate surface area is 131 Å². The van der Waals surface area contributed by atoms with Crippen LogP contribution in [0.5, 0.6) is 0 Å². The molecule has 0 N–H and O–H groups in total. The summed E-state index contributed by atoms with van der Waals surface area (Å²) in [6, 6.07) is 1.94. The Bertz CT molecular complexity index is 676. The monoisotopic (exact) mass is 300 g/mol. The first-order valence-electron chi connectivity index (χ1n) is 8.10. The molecule has 0 aromatic carbocycles. The Hall–Kier alpha value is -1.91. The Balaban J connectivity index is 1.71. The molecule has 0 saturated carbocycles. The van der Waals surface area contributed by atoms with Crippen molar-refractivity contribution >= 4 is 16.9 Å². The molecule has 3 heterocycles. The molecule has 1 unspecified atom stereocenters. The van der Waals surface area contributed by atoms with E-state index >= 15 is 0 Å². The van der Waals surface area contributed by atoms with Crippen LogP contribution in [0, 0.1) is 5.92 Å². The Morgan fingerprint density at radius 1 is 1.45 bits per heavy atom. The molecule has 1 saturated heterocycles. The fraction of sp³-hybridized carbons (Fsp3) is 0.588. The van der Waals surface area contributed by atoms with Gasteiger partial charge in [-0.25, -0.2) is 4.98 Å². The summed E-state index contributed by atoms with van der Waals surface area (Å²) in [5.74, 6) is 2.27. The molecule has 118 valence electrons. The number of amides is 1. The van der Waals surface area contributed by atoms with Gasteiger partial charge in [0.2, 0.25) is 5.91 Å². The van der Waals surface area contributed by atoms with Gasteiger partial charge in [-0.15, -0.1) is 0 Å². The van der Waals surface area contributed by atoms with E-state index in [1.165, 1.54) is 0 Å². The van der Waals surface area contributed by atoms with Crippen molar-refractivity contribution in [3.8, 4) is 0 Å². The maximum Gasteiger partial charge on any atom is 0.222 e. The molecule has 2 aromatic heterocycles. The van der Waals surface area contributed by atoms with E-state index in [9.17, 15) is 4.79 Å². The number of pyridine rings is 1. The van der Waals surface area contributed by atoms with Gasteiger partial charge in [-0.2, -0.15) is 0 Å². The van der Waals surface area contributed by atoms with Gasteiger partial charge in [-0.05, 0) is 24.8 Å². The number of hydrogen-bond donors (Lipinski definition) is 0. The third-order valence-electron chi connectivity index (χ3n) is 4.56. The zero-order chi connectivity index (χ0) is 15.7. The number of imidazole rings is 1. The number of hydrogen-bond acceptors (Lipinski definition) is 3. The third-order valence-corrected chi connectivity index (χ3v) is 4.56. The van der Waals surface area contributed by atoms with Crippen LogP contribution in [-0.2, 0) is 11.8 Å². The number of fused-ring (bicyclic) bond motifs is 1. The summed E-state index contributed by atoms with van der Waals surface area (Å²) in [5.41, 5.74) is 2.04. The summed E-state index contributed by atoms with van der Waals surface area (Å²) in [4.78, 5) is 23.2. The van der Waals surface area contributed by atoms with E-state index in [1.54, 1.807) is 6.20 Å². The largest absolute Gasteiger partial charge is 0.342 e.